The summed E-state index contributed by atoms with van der Waals surface area (Å²) in [5.41, 5.74) is 3.40. The number of oxazole rings is 1. The van der Waals surface area contributed by atoms with E-state index in [0.29, 0.717) is 39.4 Å². The number of aromatic nitrogens is 1. The number of rotatable bonds is 6. The number of carbonyl (C=O) groups is 1. The maximum absolute atomic E-state index is 12.5. The van der Waals surface area contributed by atoms with Crippen molar-refractivity contribution in [2.24, 2.45) is 0 Å². The molecule has 1 heterocycles. The van der Waals surface area contributed by atoms with E-state index in [1.165, 1.54) is 12.1 Å². The summed E-state index contributed by atoms with van der Waals surface area (Å²) in [6.45, 7) is 5.78. The Kier molecular flexibility index (Phi) is 7.68. The van der Waals surface area contributed by atoms with Crippen LogP contribution in [0.25, 0.3) is 22.6 Å². The second kappa shape index (κ2) is 10.7. The number of phenols is 1. The molecule has 0 aliphatic rings. The number of anilines is 1. The van der Waals surface area contributed by atoms with E-state index in [9.17, 15) is 9.90 Å². The average molecular weight is 544 g/mol. The normalized spacial score (nSPS) is 11.9. The van der Waals surface area contributed by atoms with E-state index >= 15 is 0 Å². The van der Waals surface area contributed by atoms with E-state index in [1.54, 1.807) is 31.2 Å². The van der Waals surface area contributed by atoms with Gasteiger partial charge in [-0.05, 0) is 73.1 Å². The number of phenolic OH excluding ortho intramolecular Hbond substituents is 1. The van der Waals surface area contributed by atoms with Crippen LogP contribution in [0.4, 0.5) is 5.69 Å². The highest BCUT2D eigenvalue weighted by atomic mass is 35.5. The van der Waals surface area contributed by atoms with Crippen molar-refractivity contribution in [3.8, 4) is 23.0 Å². The molecule has 4 aromatic rings. The zero-order chi connectivity index (χ0) is 26.0. The molecule has 186 valence electrons. The van der Waals surface area contributed by atoms with Crippen LogP contribution in [0.1, 0.15) is 32.3 Å². The van der Waals surface area contributed by atoms with Crippen LogP contribution in [0, 0.1) is 0 Å². The molecule has 0 aliphatic heterocycles. The molecule has 7 nitrogen and oxygen atoms in total. The molecule has 0 fully saturated rings. The molecule has 0 spiro atoms. The number of fused-ring (bicyclic) bond motifs is 1. The Morgan fingerprint density at radius 1 is 1.08 bits per heavy atom. The molecule has 3 aromatic carbocycles. The van der Waals surface area contributed by atoms with Crippen LogP contribution in [-0.2, 0) is 4.79 Å². The summed E-state index contributed by atoms with van der Waals surface area (Å²) in [6.07, 6.45) is -0.880. The van der Waals surface area contributed by atoms with Crippen molar-refractivity contribution in [2.75, 3.05) is 5.32 Å². The third-order valence-corrected chi connectivity index (χ3v) is 6.10. The lowest BCUT2D eigenvalue weighted by atomic mass is 10.0. The van der Waals surface area contributed by atoms with E-state index in [4.69, 9.17) is 44.6 Å². The predicted molar refractivity (Wildman–Crippen MR) is 146 cm³/mol. The Morgan fingerprint density at radius 2 is 1.86 bits per heavy atom. The summed E-state index contributed by atoms with van der Waals surface area (Å²) in [4.78, 5) is 17.0. The summed E-state index contributed by atoms with van der Waals surface area (Å²) in [7, 11) is 0. The van der Waals surface area contributed by atoms with Crippen LogP contribution in [0.3, 0.4) is 0 Å². The minimum Gasteiger partial charge on any atom is -0.507 e. The maximum Gasteiger partial charge on any atom is 0.266 e. The first-order valence-electron chi connectivity index (χ1n) is 11.1. The molecule has 0 radical (unpaired) electrons. The Morgan fingerprint density at radius 3 is 2.56 bits per heavy atom. The van der Waals surface area contributed by atoms with Gasteiger partial charge >= 0.3 is 0 Å². The predicted octanol–water partition coefficient (Wildman–Crippen LogP) is 6.91. The van der Waals surface area contributed by atoms with Gasteiger partial charge in [0.1, 0.15) is 17.0 Å². The standard InChI is InChI=1S/C26H23Cl2N3O4S/c1-13(2)15-4-8-23-20(10-15)30-25(35-23)18-7-6-17(12-21(18)32)29-26(36)31-24(33)14(3)34-22-9-5-16(27)11-19(22)28/h4-14,32H,1-3H3,(H2,29,31,33,36). The molecular formula is C26H23Cl2N3O4S. The largest absolute Gasteiger partial charge is 0.507 e. The fraction of sp³-hybridized carbons (Fsp3) is 0.192. The lowest BCUT2D eigenvalue weighted by molar-refractivity contribution is -0.125. The quantitative estimate of drug-likeness (QED) is 0.227. The Balaban J connectivity index is 1.40. The molecule has 1 aromatic heterocycles. The number of amides is 1. The van der Waals surface area contributed by atoms with Crippen LogP contribution in [0.15, 0.2) is 59.0 Å². The lowest BCUT2D eigenvalue weighted by Crippen LogP contribution is -2.42. The Hall–Kier alpha value is -3.33. The highest BCUT2D eigenvalue weighted by Gasteiger charge is 2.18. The first-order chi connectivity index (χ1) is 17.1. The molecule has 1 amide bonds. The van der Waals surface area contributed by atoms with Crippen molar-refractivity contribution in [3.63, 3.8) is 0 Å². The number of ether oxygens (including phenoxy) is 1. The summed E-state index contributed by atoms with van der Waals surface area (Å²) in [6, 6.07) is 15.4. The van der Waals surface area contributed by atoms with Gasteiger partial charge in [-0.2, -0.15) is 0 Å². The minimum atomic E-state index is -0.880. The van der Waals surface area contributed by atoms with Gasteiger partial charge in [-0.25, -0.2) is 4.98 Å². The monoisotopic (exact) mass is 543 g/mol. The van der Waals surface area contributed by atoms with Crippen LogP contribution < -0.4 is 15.4 Å². The zero-order valence-electron chi connectivity index (χ0n) is 19.6. The van der Waals surface area contributed by atoms with Gasteiger partial charge in [0.2, 0.25) is 5.89 Å². The summed E-state index contributed by atoms with van der Waals surface area (Å²) >= 11 is 17.2. The van der Waals surface area contributed by atoms with Crippen molar-refractivity contribution in [1.29, 1.82) is 0 Å². The minimum absolute atomic E-state index is 0.0351. The van der Waals surface area contributed by atoms with Gasteiger partial charge in [0.15, 0.2) is 16.8 Å². The van der Waals surface area contributed by atoms with Crippen molar-refractivity contribution >= 4 is 63.2 Å². The van der Waals surface area contributed by atoms with Gasteiger partial charge in [-0.15, -0.1) is 0 Å². The first kappa shape index (κ1) is 25.8. The SMILES string of the molecule is CC(Oc1ccc(Cl)cc1Cl)C(=O)NC(=S)Nc1ccc(-c2nc3cc(C(C)C)ccc3o2)c(O)c1. The van der Waals surface area contributed by atoms with Crippen molar-refractivity contribution in [1.82, 2.24) is 10.3 Å². The van der Waals surface area contributed by atoms with E-state index in [2.05, 4.69) is 29.5 Å². The molecule has 10 heteroatoms. The fourth-order valence-electron chi connectivity index (χ4n) is 3.40. The lowest BCUT2D eigenvalue weighted by Gasteiger charge is -2.17. The van der Waals surface area contributed by atoms with Crippen LogP contribution in [-0.4, -0.2) is 27.2 Å². The smallest absolute Gasteiger partial charge is 0.266 e. The number of aromatic hydroxyl groups is 1. The number of carbonyl (C=O) groups excluding carboxylic acids is 1. The van der Waals surface area contributed by atoms with Crippen LogP contribution in [0.5, 0.6) is 11.5 Å². The van der Waals surface area contributed by atoms with Gasteiger partial charge in [0, 0.05) is 16.8 Å². The van der Waals surface area contributed by atoms with Crippen LogP contribution >= 0.6 is 35.4 Å². The number of nitrogens with one attached hydrogen (secondary N) is 2. The van der Waals surface area contributed by atoms with Crippen molar-refractivity contribution < 1.29 is 19.1 Å². The third kappa shape index (κ3) is 5.90. The second-order valence-corrected chi connectivity index (χ2v) is 9.66. The number of hydrogen-bond acceptors (Lipinski definition) is 6. The molecule has 0 saturated carbocycles. The van der Waals surface area contributed by atoms with E-state index in [-0.39, 0.29) is 15.9 Å². The Labute approximate surface area is 223 Å². The number of nitrogens with zero attached hydrogens (tertiary/aromatic N) is 1. The molecule has 1 atom stereocenters. The molecule has 0 bridgehead atoms. The van der Waals surface area contributed by atoms with Gasteiger partial charge in [-0.3, -0.25) is 10.1 Å². The molecule has 3 N–H and O–H groups in total. The molecule has 0 aliphatic carbocycles. The first-order valence-corrected chi connectivity index (χ1v) is 12.2. The molecular weight excluding hydrogens is 521 g/mol. The number of benzene rings is 3. The summed E-state index contributed by atoms with van der Waals surface area (Å²) in [5, 5.41) is 16.8. The van der Waals surface area contributed by atoms with Gasteiger partial charge in [0.05, 0.1) is 10.6 Å². The fourth-order valence-corrected chi connectivity index (χ4v) is 4.07. The average Bonchev–Trinajstić information content (AvgIpc) is 3.23. The summed E-state index contributed by atoms with van der Waals surface area (Å²) in [5.74, 6) is 0.452. The van der Waals surface area contributed by atoms with Crippen molar-refractivity contribution in [2.45, 2.75) is 32.8 Å². The molecule has 4 rings (SSSR count). The molecule has 36 heavy (non-hydrogen) atoms. The van der Waals surface area contributed by atoms with E-state index in [1.807, 2.05) is 18.2 Å². The maximum atomic E-state index is 12.5. The third-order valence-electron chi connectivity index (χ3n) is 5.37. The van der Waals surface area contributed by atoms with Gasteiger partial charge < -0.3 is 19.6 Å². The highest BCUT2D eigenvalue weighted by Crippen LogP contribution is 2.34. The van der Waals surface area contributed by atoms with Crippen molar-refractivity contribution in [3.05, 3.63) is 70.2 Å². The van der Waals surface area contributed by atoms with E-state index < -0.39 is 12.0 Å². The number of halogens is 2. The Bertz CT molecular complexity index is 1450. The molecule has 0 saturated heterocycles. The van der Waals surface area contributed by atoms with Gasteiger partial charge in [-0.1, -0.05) is 43.1 Å². The zero-order valence-corrected chi connectivity index (χ0v) is 22.0. The number of thiocarbonyl (C=S) groups is 1. The van der Waals surface area contributed by atoms with E-state index in [0.717, 1.165) is 11.1 Å². The second-order valence-electron chi connectivity index (χ2n) is 8.41. The topological polar surface area (TPSA) is 96.6 Å². The highest BCUT2D eigenvalue weighted by molar-refractivity contribution is 7.80. The molecule has 1 unspecified atom stereocenters. The number of hydrogen-bond donors (Lipinski definition) is 3. The van der Waals surface area contributed by atoms with Crippen LogP contribution in [0.2, 0.25) is 10.0 Å². The van der Waals surface area contributed by atoms with Gasteiger partial charge in [0.25, 0.3) is 5.91 Å². The summed E-state index contributed by atoms with van der Waals surface area (Å²) < 4.78 is 11.4.